The molecule has 2 rings (SSSR count). The maximum absolute atomic E-state index is 12.1. The van der Waals surface area contributed by atoms with Crippen molar-refractivity contribution in [1.82, 2.24) is 0 Å². The van der Waals surface area contributed by atoms with Gasteiger partial charge in [0.2, 0.25) is 0 Å². The lowest BCUT2D eigenvalue weighted by Gasteiger charge is -2.05. The fourth-order valence-corrected chi connectivity index (χ4v) is 2.66. The molecule has 0 atom stereocenters. The van der Waals surface area contributed by atoms with Gasteiger partial charge in [0.1, 0.15) is 0 Å². The molecule has 0 N–H and O–H groups in total. The van der Waals surface area contributed by atoms with E-state index < -0.39 is 0 Å². The number of Topliss-reactive ketones (excluding diaryl/α,β-unsaturated/α-hetero) is 1. The fourth-order valence-electron chi connectivity index (χ4n) is 1.80. The second kappa shape index (κ2) is 6.56. The highest BCUT2D eigenvalue weighted by molar-refractivity contribution is 9.10. The molecule has 0 aliphatic heterocycles. The maximum Gasteiger partial charge on any atom is 0.164 e. The topological polar surface area (TPSA) is 17.1 Å². The van der Waals surface area contributed by atoms with Gasteiger partial charge in [0.05, 0.1) is 10.0 Å². The summed E-state index contributed by atoms with van der Waals surface area (Å²) < 4.78 is 1.01. The van der Waals surface area contributed by atoms with Gasteiger partial charge in [0.15, 0.2) is 5.78 Å². The Kier molecular flexibility index (Phi) is 5.03. The largest absolute Gasteiger partial charge is 0.294 e. The first-order valence-corrected chi connectivity index (χ1v) is 7.34. The zero-order valence-corrected chi connectivity index (χ0v) is 13.1. The van der Waals surface area contributed by atoms with Crippen LogP contribution in [0.4, 0.5) is 0 Å². The number of carbonyl (C=O) groups excluding carboxylic acids is 1. The molecule has 1 nitrogen and oxygen atoms in total. The number of rotatable bonds is 4. The summed E-state index contributed by atoms with van der Waals surface area (Å²) in [5, 5.41) is 0.749. The van der Waals surface area contributed by atoms with E-state index in [1.807, 2.05) is 24.3 Å². The molecule has 0 aromatic heterocycles. The second-order valence-corrected chi connectivity index (χ2v) is 5.86. The third-order valence-corrected chi connectivity index (χ3v) is 4.09. The van der Waals surface area contributed by atoms with Crippen LogP contribution in [-0.2, 0) is 6.42 Å². The Balaban J connectivity index is 2.08. The van der Waals surface area contributed by atoms with E-state index in [2.05, 4.69) is 15.9 Å². The summed E-state index contributed by atoms with van der Waals surface area (Å²) in [5.74, 6) is 0.00692. The van der Waals surface area contributed by atoms with Crippen molar-refractivity contribution in [2.75, 3.05) is 0 Å². The molecule has 0 amide bonds. The standard InChI is InChI=1S/C15H11BrCl2O/c16-11-4-1-3-10(9-11)7-8-14(19)12-5-2-6-13(17)15(12)18/h1-6,9H,7-8H2. The van der Waals surface area contributed by atoms with Crippen LogP contribution in [0.15, 0.2) is 46.9 Å². The summed E-state index contributed by atoms with van der Waals surface area (Å²) >= 11 is 15.4. The van der Waals surface area contributed by atoms with Crippen LogP contribution in [-0.4, -0.2) is 5.78 Å². The highest BCUT2D eigenvalue weighted by Gasteiger charge is 2.12. The van der Waals surface area contributed by atoms with Crippen LogP contribution in [0.2, 0.25) is 10.0 Å². The quantitative estimate of drug-likeness (QED) is 0.653. The van der Waals surface area contributed by atoms with Crippen LogP contribution in [0.1, 0.15) is 22.3 Å². The Morgan fingerprint density at radius 2 is 1.84 bits per heavy atom. The molecule has 4 heteroatoms. The molecule has 0 heterocycles. The first-order valence-electron chi connectivity index (χ1n) is 5.79. The Bertz CT molecular complexity index is 611. The number of hydrogen-bond donors (Lipinski definition) is 0. The first-order chi connectivity index (χ1) is 9.08. The van der Waals surface area contributed by atoms with Gasteiger partial charge in [-0.1, -0.05) is 57.3 Å². The zero-order valence-electron chi connectivity index (χ0n) is 10.00. The summed E-state index contributed by atoms with van der Waals surface area (Å²) in [5.41, 5.74) is 1.60. The predicted octanol–water partition coefficient (Wildman–Crippen LogP) is 5.57. The molecule has 0 bridgehead atoms. The molecule has 2 aromatic rings. The number of carbonyl (C=O) groups is 1. The highest BCUT2D eigenvalue weighted by Crippen LogP contribution is 2.26. The molecule has 0 unspecified atom stereocenters. The number of benzene rings is 2. The Morgan fingerprint density at radius 3 is 2.58 bits per heavy atom. The van der Waals surface area contributed by atoms with Crippen molar-refractivity contribution in [3.63, 3.8) is 0 Å². The van der Waals surface area contributed by atoms with E-state index in [0.29, 0.717) is 28.5 Å². The van der Waals surface area contributed by atoms with Crippen LogP contribution >= 0.6 is 39.1 Å². The van der Waals surface area contributed by atoms with Gasteiger partial charge in [-0.2, -0.15) is 0 Å². The Morgan fingerprint density at radius 1 is 1.11 bits per heavy atom. The Hall–Kier alpha value is -0.830. The lowest BCUT2D eigenvalue weighted by Crippen LogP contribution is -2.02. The fraction of sp³-hybridized carbons (Fsp3) is 0.133. The number of ketones is 1. The molecule has 19 heavy (non-hydrogen) atoms. The van der Waals surface area contributed by atoms with Crippen molar-refractivity contribution in [3.8, 4) is 0 Å². The zero-order chi connectivity index (χ0) is 13.8. The van der Waals surface area contributed by atoms with Crippen LogP contribution in [0.25, 0.3) is 0 Å². The summed E-state index contributed by atoms with van der Waals surface area (Å²) in [6.45, 7) is 0. The van der Waals surface area contributed by atoms with Gasteiger partial charge in [0.25, 0.3) is 0 Å². The molecular weight excluding hydrogens is 347 g/mol. The minimum Gasteiger partial charge on any atom is -0.294 e. The van der Waals surface area contributed by atoms with Gasteiger partial charge in [-0.05, 0) is 36.2 Å². The first kappa shape index (κ1) is 14.6. The van der Waals surface area contributed by atoms with Gasteiger partial charge in [0, 0.05) is 16.5 Å². The summed E-state index contributed by atoms with van der Waals surface area (Å²) in [6, 6.07) is 13.0. The van der Waals surface area contributed by atoms with Crippen LogP contribution < -0.4 is 0 Å². The SMILES string of the molecule is O=C(CCc1cccc(Br)c1)c1cccc(Cl)c1Cl. The molecular formula is C15H11BrCl2O. The van der Waals surface area contributed by atoms with E-state index in [1.54, 1.807) is 18.2 Å². The van der Waals surface area contributed by atoms with Gasteiger partial charge < -0.3 is 0 Å². The highest BCUT2D eigenvalue weighted by atomic mass is 79.9. The van der Waals surface area contributed by atoms with Crippen molar-refractivity contribution in [3.05, 3.63) is 68.1 Å². The molecule has 0 saturated heterocycles. The van der Waals surface area contributed by atoms with Crippen molar-refractivity contribution in [1.29, 1.82) is 0 Å². The lowest BCUT2D eigenvalue weighted by atomic mass is 10.0. The number of aryl methyl sites for hydroxylation is 1. The van der Waals surface area contributed by atoms with Gasteiger partial charge >= 0.3 is 0 Å². The predicted molar refractivity (Wildman–Crippen MR) is 83.3 cm³/mol. The second-order valence-electron chi connectivity index (χ2n) is 4.15. The minimum atomic E-state index is 0.00692. The maximum atomic E-state index is 12.1. The smallest absolute Gasteiger partial charge is 0.164 e. The molecule has 0 aliphatic rings. The van der Waals surface area contributed by atoms with Crippen LogP contribution in [0, 0.1) is 0 Å². The molecule has 0 fully saturated rings. The number of halogens is 3. The summed E-state index contributed by atoms with van der Waals surface area (Å²) in [6.07, 6.45) is 1.09. The summed E-state index contributed by atoms with van der Waals surface area (Å²) in [4.78, 5) is 12.1. The van der Waals surface area contributed by atoms with Crippen molar-refractivity contribution in [2.45, 2.75) is 12.8 Å². The summed E-state index contributed by atoms with van der Waals surface area (Å²) in [7, 11) is 0. The average Bonchev–Trinajstić information content (AvgIpc) is 2.39. The lowest BCUT2D eigenvalue weighted by molar-refractivity contribution is 0.0983. The monoisotopic (exact) mass is 356 g/mol. The van der Waals surface area contributed by atoms with E-state index >= 15 is 0 Å². The number of hydrogen-bond acceptors (Lipinski definition) is 1. The molecule has 0 aliphatic carbocycles. The van der Waals surface area contributed by atoms with Crippen LogP contribution in [0.3, 0.4) is 0 Å². The van der Waals surface area contributed by atoms with E-state index in [9.17, 15) is 4.79 Å². The molecule has 0 spiro atoms. The molecule has 0 saturated carbocycles. The van der Waals surface area contributed by atoms with E-state index in [4.69, 9.17) is 23.2 Å². The van der Waals surface area contributed by atoms with Crippen molar-refractivity contribution >= 4 is 44.9 Å². The minimum absolute atomic E-state index is 0.00692. The van der Waals surface area contributed by atoms with Crippen LogP contribution in [0.5, 0.6) is 0 Å². The third kappa shape index (κ3) is 3.82. The van der Waals surface area contributed by atoms with Gasteiger partial charge in [-0.25, -0.2) is 0 Å². The third-order valence-electron chi connectivity index (χ3n) is 2.78. The Labute approximate surface area is 130 Å². The van der Waals surface area contributed by atoms with Gasteiger partial charge in [-0.3, -0.25) is 4.79 Å². The average molecular weight is 358 g/mol. The molecule has 98 valence electrons. The normalized spacial score (nSPS) is 10.5. The van der Waals surface area contributed by atoms with E-state index in [1.165, 1.54) is 0 Å². The molecule has 2 aromatic carbocycles. The van der Waals surface area contributed by atoms with Gasteiger partial charge in [-0.15, -0.1) is 0 Å². The van der Waals surface area contributed by atoms with E-state index in [0.717, 1.165) is 10.0 Å². The van der Waals surface area contributed by atoms with Crippen molar-refractivity contribution in [2.24, 2.45) is 0 Å². The molecule has 0 radical (unpaired) electrons. The van der Waals surface area contributed by atoms with E-state index in [-0.39, 0.29) is 5.78 Å². The van der Waals surface area contributed by atoms with Crippen molar-refractivity contribution < 1.29 is 4.79 Å².